The Kier molecular flexibility index (Phi) is 3.02. The van der Waals surface area contributed by atoms with E-state index in [-0.39, 0.29) is 11.9 Å². The Hall–Kier alpha value is -0.940. The van der Waals surface area contributed by atoms with Crippen LogP contribution in [0.5, 0.6) is 0 Å². The number of hydrogen-bond donors (Lipinski definition) is 1. The zero-order valence-corrected chi connectivity index (χ0v) is 9.54. The van der Waals surface area contributed by atoms with Crippen molar-refractivity contribution >= 4 is 17.2 Å². The lowest BCUT2D eigenvalue weighted by atomic mass is 10.0. The summed E-state index contributed by atoms with van der Waals surface area (Å²) < 4.78 is 0. The van der Waals surface area contributed by atoms with Crippen LogP contribution in [0, 0.1) is 5.92 Å². The molecule has 0 aromatic carbocycles. The molecule has 1 saturated heterocycles. The van der Waals surface area contributed by atoms with Crippen molar-refractivity contribution in [1.29, 1.82) is 0 Å². The van der Waals surface area contributed by atoms with Crippen molar-refractivity contribution in [1.82, 2.24) is 9.88 Å². The standard InChI is InChI=1S/C10H15N3OS/c1-7(11)8-2-3-13(5-8)10(14)9-4-12-6-15-9/h4,6-8H,2-3,5,11H2,1H3. The van der Waals surface area contributed by atoms with Crippen LogP contribution in [0.1, 0.15) is 23.0 Å². The Bertz CT molecular complexity index is 336. The Morgan fingerprint density at radius 2 is 2.60 bits per heavy atom. The first-order valence-electron chi connectivity index (χ1n) is 5.12. The normalized spacial score (nSPS) is 23.1. The molecule has 1 fully saturated rings. The highest BCUT2D eigenvalue weighted by molar-refractivity contribution is 7.11. The lowest BCUT2D eigenvalue weighted by Gasteiger charge is -2.17. The van der Waals surface area contributed by atoms with Gasteiger partial charge in [0.1, 0.15) is 4.88 Å². The molecule has 0 bridgehead atoms. The van der Waals surface area contributed by atoms with Gasteiger partial charge in [0, 0.05) is 19.1 Å². The van der Waals surface area contributed by atoms with Crippen LogP contribution in [0.15, 0.2) is 11.7 Å². The zero-order chi connectivity index (χ0) is 10.8. The summed E-state index contributed by atoms with van der Waals surface area (Å²) in [6.45, 7) is 3.61. The lowest BCUT2D eigenvalue weighted by Crippen LogP contribution is -2.32. The first kappa shape index (κ1) is 10.6. The van der Waals surface area contributed by atoms with Gasteiger partial charge in [-0.2, -0.15) is 0 Å². The van der Waals surface area contributed by atoms with Crippen molar-refractivity contribution in [2.75, 3.05) is 13.1 Å². The van der Waals surface area contributed by atoms with Crippen LogP contribution in [0.3, 0.4) is 0 Å². The number of amides is 1. The molecule has 2 heterocycles. The van der Waals surface area contributed by atoms with Gasteiger partial charge in [-0.1, -0.05) is 0 Å². The van der Waals surface area contributed by atoms with Crippen LogP contribution in [-0.2, 0) is 0 Å². The molecule has 2 N–H and O–H groups in total. The van der Waals surface area contributed by atoms with E-state index in [1.807, 2.05) is 11.8 Å². The van der Waals surface area contributed by atoms with Crippen LogP contribution >= 0.6 is 11.3 Å². The van der Waals surface area contributed by atoms with E-state index in [1.165, 1.54) is 11.3 Å². The molecule has 1 aromatic heterocycles. The molecule has 15 heavy (non-hydrogen) atoms. The molecular formula is C10H15N3OS. The highest BCUT2D eigenvalue weighted by Gasteiger charge is 2.29. The minimum Gasteiger partial charge on any atom is -0.338 e. The van der Waals surface area contributed by atoms with Crippen molar-refractivity contribution in [3.8, 4) is 0 Å². The molecule has 0 radical (unpaired) electrons. The summed E-state index contributed by atoms with van der Waals surface area (Å²) in [7, 11) is 0. The molecule has 1 aliphatic heterocycles. The number of thiazole rings is 1. The number of carbonyl (C=O) groups is 1. The number of hydrogen-bond acceptors (Lipinski definition) is 4. The maximum atomic E-state index is 11.9. The summed E-state index contributed by atoms with van der Waals surface area (Å²) in [5.41, 5.74) is 7.52. The van der Waals surface area contributed by atoms with E-state index < -0.39 is 0 Å². The first-order chi connectivity index (χ1) is 7.18. The van der Waals surface area contributed by atoms with Crippen molar-refractivity contribution in [2.24, 2.45) is 11.7 Å². The average molecular weight is 225 g/mol. The van der Waals surface area contributed by atoms with Gasteiger partial charge in [-0.25, -0.2) is 0 Å². The molecular weight excluding hydrogens is 210 g/mol. The second-order valence-electron chi connectivity index (χ2n) is 4.02. The number of nitrogens with zero attached hydrogens (tertiary/aromatic N) is 2. The fourth-order valence-electron chi connectivity index (χ4n) is 1.88. The molecule has 5 heteroatoms. The van der Waals surface area contributed by atoms with Crippen molar-refractivity contribution in [3.05, 3.63) is 16.6 Å². The predicted molar refractivity (Wildman–Crippen MR) is 59.8 cm³/mol. The summed E-state index contributed by atoms with van der Waals surface area (Å²) in [5.74, 6) is 0.544. The molecule has 4 nitrogen and oxygen atoms in total. The van der Waals surface area contributed by atoms with Gasteiger partial charge < -0.3 is 10.6 Å². The maximum Gasteiger partial charge on any atom is 0.265 e. The number of rotatable bonds is 2. The third-order valence-corrected chi connectivity index (χ3v) is 3.66. The van der Waals surface area contributed by atoms with Gasteiger partial charge in [0.15, 0.2) is 0 Å². The smallest absolute Gasteiger partial charge is 0.265 e. The van der Waals surface area contributed by atoms with Gasteiger partial charge in [-0.3, -0.25) is 9.78 Å². The molecule has 1 aromatic rings. The predicted octanol–water partition coefficient (Wildman–Crippen LogP) is 0.952. The van der Waals surface area contributed by atoms with Gasteiger partial charge in [0.05, 0.1) is 11.7 Å². The summed E-state index contributed by atoms with van der Waals surface area (Å²) in [4.78, 5) is 18.4. The molecule has 0 saturated carbocycles. The minimum atomic E-state index is 0.0978. The Morgan fingerprint density at radius 1 is 1.80 bits per heavy atom. The van der Waals surface area contributed by atoms with Gasteiger partial charge in [-0.15, -0.1) is 11.3 Å². The van der Waals surface area contributed by atoms with Crippen LogP contribution < -0.4 is 5.73 Å². The molecule has 2 atom stereocenters. The average Bonchev–Trinajstić information content (AvgIpc) is 2.88. The van der Waals surface area contributed by atoms with Gasteiger partial charge in [0.25, 0.3) is 5.91 Å². The van der Waals surface area contributed by atoms with E-state index in [2.05, 4.69) is 4.98 Å². The van der Waals surface area contributed by atoms with Crippen molar-refractivity contribution in [2.45, 2.75) is 19.4 Å². The third-order valence-electron chi connectivity index (χ3n) is 2.90. The van der Waals surface area contributed by atoms with Crippen molar-refractivity contribution in [3.63, 3.8) is 0 Å². The second-order valence-corrected chi connectivity index (χ2v) is 4.91. The van der Waals surface area contributed by atoms with Crippen LogP contribution in [0.4, 0.5) is 0 Å². The molecule has 2 unspecified atom stereocenters. The van der Waals surface area contributed by atoms with Crippen molar-refractivity contribution < 1.29 is 4.79 Å². The van der Waals surface area contributed by atoms with E-state index in [4.69, 9.17) is 5.73 Å². The highest BCUT2D eigenvalue weighted by atomic mass is 32.1. The summed E-state index contributed by atoms with van der Waals surface area (Å²) >= 11 is 1.39. The van der Waals surface area contributed by atoms with E-state index in [0.29, 0.717) is 5.92 Å². The monoisotopic (exact) mass is 225 g/mol. The molecule has 1 amide bonds. The largest absolute Gasteiger partial charge is 0.338 e. The highest BCUT2D eigenvalue weighted by Crippen LogP contribution is 2.21. The van der Waals surface area contributed by atoms with Crippen LogP contribution in [0.2, 0.25) is 0 Å². The number of nitrogens with two attached hydrogens (primary N) is 1. The number of carbonyl (C=O) groups excluding carboxylic acids is 1. The minimum absolute atomic E-state index is 0.0978. The number of aromatic nitrogens is 1. The molecule has 82 valence electrons. The van der Waals surface area contributed by atoms with E-state index in [9.17, 15) is 4.79 Å². The quantitative estimate of drug-likeness (QED) is 0.815. The summed E-state index contributed by atoms with van der Waals surface area (Å²) in [6, 6.07) is 0.171. The Morgan fingerprint density at radius 3 is 3.13 bits per heavy atom. The lowest BCUT2D eigenvalue weighted by molar-refractivity contribution is 0.0790. The third kappa shape index (κ3) is 2.18. The topological polar surface area (TPSA) is 59.2 Å². The fourth-order valence-corrected chi connectivity index (χ4v) is 2.47. The number of likely N-dealkylation sites (tertiary alicyclic amines) is 1. The first-order valence-corrected chi connectivity index (χ1v) is 6.00. The van der Waals surface area contributed by atoms with Crippen LogP contribution in [-0.4, -0.2) is 34.9 Å². The molecule has 0 aliphatic carbocycles. The van der Waals surface area contributed by atoms with Crippen LogP contribution in [0.25, 0.3) is 0 Å². The molecule has 1 aliphatic rings. The Balaban J connectivity index is 1.99. The zero-order valence-electron chi connectivity index (χ0n) is 8.72. The van der Waals surface area contributed by atoms with Gasteiger partial charge in [-0.05, 0) is 19.3 Å². The molecule has 2 rings (SSSR count). The van der Waals surface area contributed by atoms with E-state index >= 15 is 0 Å². The fraction of sp³-hybridized carbons (Fsp3) is 0.600. The van der Waals surface area contributed by atoms with Gasteiger partial charge in [0.2, 0.25) is 0 Å². The van der Waals surface area contributed by atoms with Gasteiger partial charge >= 0.3 is 0 Å². The Labute approximate surface area is 93.1 Å². The summed E-state index contributed by atoms with van der Waals surface area (Å²) in [5, 5.41) is 0. The second kappa shape index (κ2) is 4.28. The van der Waals surface area contributed by atoms with E-state index in [0.717, 1.165) is 24.4 Å². The SMILES string of the molecule is CC(N)C1CCN(C(=O)c2cncs2)C1. The summed E-state index contributed by atoms with van der Waals surface area (Å²) in [6.07, 6.45) is 2.65. The molecule has 0 spiro atoms. The maximum absolute atomic E-state index is 11.9. The van der Waals surface area contributed by atoms with E-state index in [1.54, 1.807) is 11.7 Å².